The zero-order valence-corrected chi connectivity index (χ0v) is 21.7. The van der Waals surface area contributed by atoms with E-state index in [0.29, 0.717) is 24.6 Å². The van der Waals surface area contributed by atoms with Crippen molar-refractivity contribution in [2.45, 2.75) is 18.8 Å². The number of nitrogens with zero attached hydrogens (tertiary/aromatic N) is 3. The lowest BCUT2D eigenvalue weighted by molar-refractivity contribution is 0.0404. The lowest BCUT2D eigenvalue weighted by Crippen LogP contribution is -2.50. The molecule has 1 fully saturated rings. The highest BCUT2D eigenvalue weighted by molar-refractivity contribution is 5.87. The molecule has 7 heteroatoms. The van der Waals surface area contributed by atoms with Gasteiger partial charge in [-0.2, -0.15) is 5.26 Å². The molecule has 196 valence electrons. The Morgan fingerprint density at radius 2 is 1.68 bits per heavy atom. The topological polar surface area (TPSA) is 84.8 Å². The Hall–Kier alpha value is -3.67. The first-order valence-corrected chi connectivity index (χ1v) is 13.1. The molecule has 4 aromatic rings. The quantitative estimate of drug-likeness (QED) is 0.330. The minimum Gasteiger partial charge on any atom is -0.490 e. The van der Waals surface area contributed by atoms with Gasteiger partial charge in [-0.15, -0.1) is 0 Å². The molecule has 0 radical (unpaired) electrons. The zero-order chi connectivity index (χ0) is 26.3. The van der Waals surface area contributed by atoms with Crippen molar-refractivity contribution in [3.63, 3.8) is 0 Å². The molecule has 1 aromatic heterocycles. The number of nitriles is 1. The summed E-state index contributed by atoms with van der Waals surface area (Å²) < 4.78 is 11.2. The fraction of sp³-hybridized carbons (Fsp3) is 0.323. The van der Waals surface area contributed by atoms with Gasteiger partial charge < -0.3 is 19.6 Å². The van der Waals surface area contributed by atoms with Crippen LogP contribution in [0.15, 0.2) is 78.9 Å². The second-order valence-corrected chi connectivity index (χ2v) is 9.80. The molecule has 2 atom stereocenters. The summed E-state index contributed by atoms with van der Waals surface area (Å²) >= 11 is 0. The van der Waals surface area contributed by atoms with Gasteiger partial charge in [-0.25, -0.2) is 0 Å². The van der Waals surface area contributed by atoms with Crippen LogP contribution in [0.5, 0.6) is 5.75 Å². The highest BCUT2D eigenvalue weighted by Gasteiger charge is 2.27. The van der Waals surface area contributed by atoms with Crippen LogP contribution in [-0.2, 0) is 11.3 Å². The summed E-state index contributed by atoms with van der Waals surface area (Å²) in [7, 11) is 1.72. The molecule has 5 rings (SSSR count). The summed E-state index contributed by atoms with van der Waals surface area (Å²) in [6.45, 7) is 4.94. The number of aromatic nitrogens is 1. The summed E-state index contributed by atoms with van der Waals surface area (Å²) in [5.74, 6) is 0.673. The number of rotatable bonds is 10. The third-order valence-electron chi connectivity index (χ3n) is 7.14. The van der Waals surface area contributed by atoms with E-state index in [1.54, 1.807) is 13.2 Å². The summed E-state index contributed by atoms with van der Waals surface area (Å²) in [6, 6.07) is 29.1. The van der Waals surface area contributed by atoms with Gasteiger partial charge in [0.05, 0.1) is 18.2 Å². The van der Waals surface area contributed by atoms with E-state index in [9.17, 15) is 5.11 Å². The van der Waals surface area contributed by atoms with E-state index >= 15 is 0 Å². The second kappa shape index (κ2) is 12.2. The number of aliphatic hydroxyl groups is 1. The predicted octanol–water partition coefficient (Wildman–Crippen LogP) is 4.33. The van der Waals surface area contributed by atoms with Crippen molar-refractivity contribution in [2.75, 3.05) is 46.4 Å². The molecular formula is C31H34N4O3. The number of aromatic amines is 1. The third kappa shape index (κ3) is 6.07. The maximum Gasteiger partial charge on any atom is 0.128 e. The van der Waals surface area contributed by atoms with Crippen molar-refractivity contribution in [3.8, 4) is 11.8 Å². The first kappa shape index (κ1) is 26.0. The lowest BCUT2D eigenvalue weighted by atomic mass is 9.95. The smallest absolute Gasteiger partial charge is 0.128 e. The predicted molar refractivity (Wildman–Crippen MR) is 148 cm³/mol. The van der Waals surface area contributed by atoms with Crippen LogP contribution >= 0.6 is 0 Å². The minimum absolute atomic E-state index is 0.184. The Labute approximate surface area is 223 Å². The molecule has 2 unspecified atom stereocenters. The number of aliphatic hydroxyl groups excluding tert-OH is 1. The van der Waals surface area contributed by atoms with Crippen LogP contribution in [0.4, 0.5) is 0 Å². The SMILES string of the molecule is COCc1ccc(C(c2ccccc2)N2CCN(CC(O)COc3cccc4[nH]c(C#N)cc34)CC2)cc1. The van der Waals surface area contributed by atoms with Gasteiger partial charge in [0.15, 0.2) is 0 Å². The number of hydrogen-bond acceptors (Lipinski definition) is 6. The van der Waals surface area contributed by atoms with Crippen molar-refractivity contribution in [2.24, 2.45) is 0 Å². The van der Waals surface area contributed by atoms with E-state index in [4.69, 9.17) is 14.7 Å². The Kier molecular flexibility index (Phi) is 8.37. The fourth-order valence-electron chi connectivity index (χ4n) is 5.27. The van der Waals surface area contributed by atoms with E-state index in [-0.39, 0.29) is 12.6 Å². The number of ether oxygens (including phenoxy) is 2. The van der Waals surface area contributed by atoms with Crippen LogP contribution in [0.1, 0.15) is 28.4 Å². The molecule has 0 bridgehead atoms. The highest BCUT2D eigenvalue weighted by Crippen LogP contribution is 2.30. The molecule has 3 aromatic carbocycles. The molecule has 0 aliphatic carbocycles. The van der Waals surface area contributed by atoms with Crippen LogP contribution in [-0.4, -0.2) is 72.4 Å². The van der Waals surface area contributed by atoms with E-state index < -0.39 is 6.10 Å². The molecule has 0 spiro atoms. The van der Waals surface area contributed by atoms with Gasteiger partial charge in [0.25, 0.3) is 0 Å². The van der Waals surface area contributed by atoms with E-state index in [1.807, 2.05) is 18.2 Å². The number of piperazine rings is 1. The van der Waals surface area contributed by atoms with Gasteiger partial charge >= 0.3 is 0 Å². The monoisotopic (exact) mass is 510 g/mol. The Bertz CT molecular complexity index is 1360. The van der Waals surface area contributed by atoms with Gasteiger partial charge in [0, 0.05) is 45.2 Å². The Morgan fingerprint density at radius 1 is 0.947 bits per heavy atom. The number of hydrogen-bond donors (Lipinski definition) is 2. The molecule has 2 heterocycles. The van der Waals surface area contributed by atoms with Crippen LogP contribution in [0.2, 0.25) is 0 Å². The molecule has 0 amide bonds. The van der Waals surface area contributed by atoms with Gasteiger partial charge in [0.1, 0.15) is 30.2 Å². The van der Waals surface area contributed by atoms with Crippen LogP contribution < -0.4 is 4.74 Å². The largest absolute Gasteiger partial charge is 0.490 e. The van der Waals surface area contributed by atoms with Crippen molar-refractivity contribution in [3.05, 3.63) is 101 Å². The third-order valence-corrected chi connectivity index (χ3v) is 7.14. The number of H-pyrrole nitrogens is 1. The molecule has 1 aliphatic heterocycles. The number of fused-ring (bicyclic) bond motifs is 1. The highest BCUT2D eigenvalue weighted by atomic mass is 16.5. The zero-order valence-electron chi connectivity index (χ0n) is 21.7. The average molecular weight is 511 g/mol. The van der Waals surface area contributed by atoms with Crippen LogP contribution in [0, 0.1) is 11.3 Å². The van der Waals surface area contributed by atoms with Gasteiger partial charge in [-0.05, 0) is 34.9 Å². The van der Waals surface area contributed by atoms with Gasteiger partial charge in [-0.1, -0.05) is 60.7 Å². The molecule has 1 aliphatic rings. The number of benzene rings is 3. The number of β-amino-alcohol motifs (C(OH)–C–C–N with tert-alkyl or cyclic N) is 1. The average Bonchev–Trinajstić information content (AvgIpc) is 3.39. The maximum atomic E-state index is 10.7. The Balaban J connectivity index is 1.19. The fourth-order valence-corrected chi connectivity index (χ4v) is 5.27. The molecule has 1 saturated heterocycles. The van der Waals surface area contributed by atoms with E-state index in [0.717, 1.165) is 37.1 Å². The molecule has 38 heavy (non-hydrogen) atoms. The van der Waals surface area contributed by atoms with Crippen molar-refractivity contribution >= 4 is 10.9 Å². The first-order chi connectivity index (χ1) is 18.6. The summed E-state index contributed by atoms with van der Waals surface area (Å²) in [6.07, 6.45) is -0.607. The summed E-state index contributed by atoms with van der Waals surface area (Å²) in [4.78, 5) is 7.89. The molecule has 0 saturated carbocycles. The normalized spacial score (nSPS) is 16.2. The first-order valence-electron chi connectivity index (χ1n) is 13.1. The lowest BCUT2D eigenvalue weighted by Gasteiger charge is -2.40. The van der Waals surface area contributed by atoms with Gasteiger partial charge in [0.2, 0.25) is 0 Å². The second-order valence-electron chi connectivity index (χ2n) is 9.80. The Morgan fingerprint density at radius 3 is 2.39 bits per heavy atom. The van der Waals surface area contributed by atoms with Crippen molar-refractivity contribution in [1.82, 2.24) is 14.8 Å². The summed E-state index contributed by atoms with van der Waals surface area (Å²) in [5.41, 5.74) is 5.08. The van der Waals surface area contributed by atoms with E-state index in [1.165, 1.54) is 16.7 Å². The number of nitrogens with one attached hydrogen (secondary N) is 1. The molecule has 7 nitrogen and oxygen atoms in total. The molecule has 2 N–H and O–H groups in total. The van der Waals surface area contributed by atoms with Crippen molar-refractivity contribution < 1.29 is 14.6 Å². The minimum atomic E-state index is -0.607. The van der Waals surface area contributed by atoms with Crippen LogP contribution in [0.25, 0.3) is 10.9 Å². The van der Waals surface area contributed by atoms with Gasteiger partial charge in [-0.3, -0.25) is 9.80 Å². The van der Waals surface area contributed by atoms with Crippen molar-refractivity contribution in [1.29, 1.82) is 5.26 Å². The number of methoxy groups -OCH3 is 1. The standard InChI is InChI=1S/C31H34N4O3/c1-37-21-23-10-12-25(13-11-23)31(24-6-3-2-4-7-24)35-16-14-34(15-17-35)20-27(36)22-38-30-9-5-8-29-28(30)18-26(19-32)33-29/h2-13,18,27,31,33,36H,14-17,20-22H2,1H3. The molecular weight excluding hydrogens is 476 g/mol. The van der Waals surface area contributed by atoms with Crippen LogP contribution in [0.3, 0.4) is 0 Å². The van der Waals surface area contributed by atoms with E-state index in [2.05, 4.69) is 75.5 Å². The summed E-state index contributed by atoms with van der Waals surface area (Å²) in [5, 5.41) is 20.8. The maximum absolute atomic E-state index is 10.7.